The highest BCUT2D eigenvalue weighted by molar-refractivity contribution is 6.10. The van der Waals surface area contributed by atoms with E-state index in [1.54, 1.807) is 6.20 Å². The summed E-state index contributed by atoms with van der Waals surface area (Å²) in [5.74, 6) is 0.980. The molecule has 2 atom stereocenters. The molecule has 1 N–H and O–H groups in total. The molecule has 2 aliphatic heterocycles. The highest BCUT2D eigenvalue weighted by atomic mass is 16.5. The molecule has 152 valence electrons. The van der Waals surface area contributed by atoms with Crippen molar-refractivity contribution in [1.82, 2.24) is 4.98 Å². The van der Waals surface area contributed by atoms with E-state index >= 15 is 0 Å². The number of hydrogen-bond acceptors (Lipinski definition) is 4. The van der Waals surface area contributed by atoms with Crippen LogP contribution in [0.1, 0.15) is 34.0 Å². The number of anilines is 2. The van der Waals surface area contributed by atoms with Crippen molar-refractivity contribution in [2.45, 2.75) is 18.9 Å². The maximum Gasteiger partial charge on any atom is 0.262 e. The van der Waals surface area contributed by atoms with Crippen LogP contribution >= 0.6 is 0 Å². The molecule has 2 unspecified atom stereocenters. The summed E-state index contributed by atoms with van der Waals surface area (Å²) in [7, 11) is 0. The van der Waals surface area contributed by atoms with Crippen molar-refractivity contribution in [2.24, 2.45) is 5.92 Å². The van der Waals surface area contributed by atoms with Crippen molar-refractivity contribution in [3.8, 4) is 0 Å². The molecule has 0 aliphatic carbocycles. The smallest absolute Gasteiger partial charge is 0.262 e. The number of fused-ring (bicyclic) bond motifs is 1. The van der Waals surface area contributed by atoms with E-state index in [2.05, 4.69) is 28.5 Å². The van der Waals surface area contributed by atoms with Gasteiger partial charge in [-0.2, -0.15) is 0 Å². The molecule has 3 aromatic rings. The Bertz CT molecular complexity index is 1040. The predicted molar refractivity (Wildman–Crippen MR) is 118 cm³/mol. The standard InChI is InChI=1S/C25H25N3O2/c29-25(28-15-12-18-7-4-5-11-22(18)28)21-10-6-14-26-24(21)27-17-20-13-16-30-23(20)19-8-2-1-3-9-19/h1-11,14,20,23H,12-13,15-17H2,(H,26,27). The second-order valence-electron chi connectivity index (χ2n) is 7.87. The van der Waals surface area contributed by atoms with Gasteiger partial charge in [0.2, 0.25) is 0 Å². The highest BCUT2D eigenvalue weighted by Crippen LogP contribution is 2.35. The van der Waals surface area contributed by atoms with Crippen LogP contribution in [0.5, 0.6) is 0 Å². The first-order chi connectivity index (χ1) is 14.8. The van der Waals surface area contributed by atoms with Crippen molar-refractivity contribution in [1.29, 1.82) is 0 Å². The summed E-state index contributed by atoms with van der Waals surface area (Å²) in [6.45, 7) is 2.18. The summed E-state index contributed by atoms with van der Waals surface area (Å²) in [6, 6.07) is 22.1. The minimum Gasteiger partial charge on any atom is -0.373 e. The Hall–Kier alpha value is -3.18. The third kappa shape index (κ3) is 3.57. The SMILES string of the molecule is O=C(c1cccnc1NCC1CCOC1c1ccccc1)N1CCc2ccccc21. The number of amides is 1. The largest absolute Gasteiger partial charge is 0.373 e. The average molecular weight is 399 g/mol. The van der Waals surface area contributed by atoms with Crippen LogP contribution in [0.2, 0.25) is 0 Å². The summed E-state index contributed by atoms with van der Waals surface area (Å²) in [5.41, 5.74) is 4.04. The van der Waals surface area contributed by atoms with Crippen molar-refractivity contribution < 1.29 is 9.53 Å². The number of nitrogens with one attached hydrogen (secondary N) is 1. The Kier molecular flexibility index (Phi) is 5.20. The molecule has 5 nitrogen and oxygen atoms in total. The van der Waals surface area contributed by atoms with Gasteiger partial charge in [0.15, 0.2) is 0 Å². The van der Waals surface area contributed by atoms with E-state index in [1.807, 2.05) is 53.4 Å². The predicted octanol–water partition coefficient (Wildman–Crippen LogP) is 4.47. The average Bonchev–Trinajstić information content (AvgIpc) is 3.45. The number of para-hydroxylation sites is 1. The molecule has 0 bridgehead atoms. The normalized spacial score (nSPS) is 20.2. The van der Waals surface area contributed by atoms with Crippen LogP contribution in [0.15, 0.2) is 72.9 Å². The van der Waals surface area contributed by atoms with Crippen molar-refractivity contribution >= 4 is 17.4 Å². The molecule has 1 fully saturated rings. The number of carbonyl (C=O) groups excluding carboxylic acids is 1. The monoisotopic (exact) mass is 399 g/mol. The number of ether oxygens (including phenoxy) is 1. The summed E-state index contributed by atoms with van der Waals surface area (Å²) in [4.78, 5) is 19.7. The molecule has 30 heavy (non-hydrogen) atoms. The molecule has 2 aromatic carbocycles. The van der Waals surface area contributed by atoms with E-state index in [4.69, 9.17) is 4.74 Å². The van der Waals surface area contributed by atoms with Crippen LogP contribution in [0.25, 0.3) is 0 Å². The number of nitrogens with zero attached hydrogens (tertiary/aromatic N) is 2. The van der Waals surface area contributed by atoms with Crippen molar-refractivity contribution in [3.63, 3.8) is 0 Å². The molecular weight excluding hydrogens is 374 g/mol. The number of aromatic nitrogens is 1. The first-order valence-corrected chi connectivity index (χ1v) is 10.6. The van der Waals surface area contributed by atoms with Crippen molar-refractivity contribution in [3.05, 3.63) is 89.6 Å². The summed E-state index contributed by atoms with van der Waals surface area (Å²) < 4.78 is 6.00. The minimum atomic E-state index is -0.00201. The van der Waals surface area contributed by atoms with Crippen LogP contribution in [0, 0.1) is 5.92 Å². The zero-order valence-electron chi connectivity index (χ0n) is 16.8. The van der Waals surface area contributed by atoms with Crippen molar-refractivity contribution in [2.75, 3.05) is 29.9 Å². The third-order valence-corrected chi connectivity index (χ3v) is 6.04. The fourth-order valence-corrected chi connectivity index (χ4v) is 4.50. The highest BCUT2D eigenvalue weighted by Gasteiger charge is 2.31. The van der Waals surface area contributed by atoms with Gasteiger partial charge in [-0.15, -0.1) is 0 Å². The molecule has 1 aromatic heterocycles. The Balaban J connectivity index is 1.33. The van der Waals surface area contributed by atoms with Gasteiger partial charge in [0, 0.05) is 37.5 Å². The van der Waals surface area contributed by atoms with E-state index in [0.29, 0.717) is 30.4 Å². The van der Waals surface area contributed by atoms with E-state index in [0.717, 1.165) is 25.1 Å². The second-order valence-corrected chi connectivity index (χ2v) is 7.87. The topological polar surface area (TPSA) is 54.5 Å². The summed E-state index contributed by atoms with van der Waals surface area (Å²) in [5, 5.41) is 3.44. The second kappa shape index (κ2) is 8.28. The van der Waals surface area contributed by atoms with Gasteiger partial charge in [-0.3, -0.25) is 4.79 Å². The van der Waals surface area contributed by atoms with Gasteiger partial charge in [-0.05, 0) is 42.2 Å². The van der Waals surface area contributed by atoms with Crippen LogP contribution in [-0.4, -0.2) is 30.6 Å². The quantitative estimate of drug-likeness (QED) is 0.688. The van der Waals surface area contributed by atoms with Crippen LogP contribution in [0.3, 0.4) is 0 Å². The van der Waals surface area contributed by atoms with Gasteiger partial charge in [-0.25, -0.2) is 4.98 Å². The van der Waals surface area contributed by atoms with E-state index in [-0.39, 0.29) is 12.0 Å². The molecule has 0 saturated carbocycles. The molecule has 5 rings (SSSR count). The van der Waals surface area contributed by atoms with Gasteiger partial charge in [0.05, 0.1) is 11.7 Å². The molecule has 3 heterocycles. The molecule has 1 saturated heterocycles. The van der Waals surface area contributed by atoms with Gasteiger partial charge in [0.25, 0.3) is 5.91 Å². The number of pyridine rings is 1. The minimum absolute atomic E-state index is 0.00201. The Morgan fingerprint density at radius 1 is 1.07 bits per heavy atom. The fraction of sp³-hybridized carbons (Fsp3) is 0.280. The zero-order valence-corrected chi connectivity index (χ0v) is 16.8. The van der Waals surface area contributed by atoms with Gasteiger partial charge < -0.3 is 15.0 Å². The van der Waals surface area contributed by atoms with Crippen LogP contribution in [-0.2, 0) is 11.2 Å². The number of hydrogen-bond donors (Lipinski definition) is 1. The van der Waals surface area contributed by atoms with Gasteiger partial charge in [0.1, 0.15) is 5.82 Å². The third-order valence-electron chi connectivity index (χ3n) is 6.04. The number of benzene rings is 2. The maximum atomic E-state index is 13.3. The Morgan fingerprint density at radius 3 is 2.80 bits per heavy atom. The fourth-order valence-electron chi connectivity index (χ4n) is 4.50. The Morgan fingerprint density at radius 2 is 1.90 bits per heavy atom. The lowest BCUT2D eigenvalue weighted by molar-refractivity contribution is 0.0933. The van der Waals surface area contributed by atoms with E-state index in [9.17, 15) is 4.79 Å². The molecule has 0 spiro atoms. The maximum absolute atomic E-state index is 13.3. The van der Waals surface area contributed by atoms with Gasteiger partial charge >= 0.3 is 0 Å². The summed E-state index contributed by atoms with van der Waals surface area (Å²) >= 11 is 0. The Labute approximate surface area is 176 Å². The lowest BCUT2D eigenvalue weighted by Gasteiger charge is -2.22. The lowest BCUT2D eigenvalue weighted by Crippen LogP contribution is -2.30. The first kappa shape index (κ1) is 18.8. The molecule has 0 radical (unpaired) electrons. The van der Waals surface area contributed by atoms with Gasteiger partial charge in [-0.1, -0.05) is 48.5 Å². The van der Waals surface area contributed by atoms with E-state index < -0.39 is 0 Å². The molecule has 1 amide bonds. The van der Waals surface area contributed by atoms with Crippen LogP contribution in [0.4, 0.5) is 11.5 Å². The molecular formula is C25H25N3O2. The summed E-state index contributed by atoms with van der Waals surface area (Å²) in [6.07, 6.45) is 3.69. The lowest BCUT2D eigenvalue weighted by atomic mass is 9.95. The first-order valence-electron chi connectivity index (χ1n) is 10.6. The zero-order chi connectivity index (χ0) is 20.3. The van der Waals surface area contributed by atoms with Crippen LogP contribution < -0.4 is 10.2 Å². The number of carbonyl (C=O) groups is 1. The molecule has 2 aliphatic rings. The number of rotatable bonds is 5. The van der Waals surface area contributed by atoms with E-state index in [1.165, 1.54) is 11.1 Å². The molecule has 5 heteroatoms.